The SMILES string of the molecule is Cc1ccc(O)c(NC(=O)Cc2cccc(N)c2)n1. The second-order valence-electron chi connectivity index (χ2n) is 4.29. The first-order valence-electron chi connectivity index (χ1n) is 5.85. The molecule has 1 amide bonds. The lowest BCUT2D eigenvalue weighted by Crippen LogP contribution is -2.15. The van der Waals surface area contributed by atoms with Crippen LogP contribution in [0, 0.1) is 6.92 Å². The molecule has 0 saturated carbocycles. The molecule has 98 valence electrons. The summed E-state index contributed by atoms with van der Waals surface area (Å²) >= 11 is 0. The summed E-state index contributed by atoms with van der Waals surface area (Å²) in [6.45, 7) is 1.78. The van der Waals surface area contributed by atoms with E-state index in [1.807, 2.05) is 6.07 Å². The zero-order chi connectivity index (χ0) is 13.8. The van der Waals surface area contributed by atoms with Gasteiger partial charge in [-0.25, -0.2) is 4.98 Å². The molecule has 0 fully saturated rings. The number of nitrogens with zero attached hydrogens (tertiary/aromatic N) is 1. The second-order valence-corrected chi connectivity index (χ2v) is 4.29. The van der Waals surface area contributed by atoms with Gasteiger partial charge in [0.1, 0.15) is 0 Å². The molecule has 0 atom stereocenters. The van der Waals surface area contributed by atoms with Crippen LogP contribution in [-0.4, -0.2) is 16.0 Å². The van der Waals surface area contributed by atoms with Gasteiger partial charge in [0.2, 0.25) is 5.91 Å². The van der Waals surface area contributed by atoms with Gasteiger partial charge >= 0.3 is 0 Å². The second kappa shape index (κ2) is 5.39. The normalized spacial score (nSPS) is 10.2. The monoisotopic (exact) mass is 257 g/mol. The predicted molar refractivity (Wildman–Crippen MR) is 73.8 cm³/mol. The molecule has 0 unspecified atom stereocenters. The largest absolute Gasteiger partial charge is 0.504 e. The molecule has 0 spiro atoms. The highest BCUT2D eigenvalue weighted by atomic mass is 16.3. The number of amides is 1. The van der Waals surface area contributed by atoms with E-state index in [4.69, 9.17) is 5.73 Å². The fourth-order valence-electron chi connectivity index (χ4n) is 1.71. The third-order valence-electron chi connectivity index (χ3n) is 2.59. The molecule has 1 aromatic heterocycles. The Bertz CT molecular complexity index is 611. The lowest BCUT2D eigenvalue weighted by molar-refractivity contribution is -0.115. The van der Waals surface area contributed by atoms with E-state index in [0.717, 1.165) is 11.3 Å². The van der Waals surface area contributed by atoms with E-state index >= 15 is 0 Å². The van der Waals surface area contributed by atoms with E-state index in [1.165, 1.54) is 6.07 Å². The van der Waals surface area contributed by atoms with Gasteiger partial charge in [-0.1, -0.05) is 12.1 Å². The summed E-state index contributed by atoms with van der Waals surface area (Å²) in [6.07, 6.45) is 0.181. The number of anilines is 2. The molecule has 5 nitrogen and oxygen atoms in total. The van der Waals surface area contributed by atoms with Crippen molar-refractivity contribution in [2.75, 3.05) is 11.1 Å². The zero-order valence-electron chi connectivity index (χ0n) is 10.6. The molecule has 5 heteroatoms. The van der Waals surface area contributed by atoms with Crippen molar-refractivity contribution in [3.8, 4) is 5.75 Å². The van der Waals surface area contributed by atoms with Crippen LogP contribution in [0.2, 0.25) is 0 Å². The number of hydrogen-bond acceptors (Lipinski definition) is 4. The molecule has 0 bridgehead atoms. The Balaban J connectivity index is 2.07. The van der Waals surface area contributed by atoms with E-state index in [2.05, 4.69) is 10.3 Å². The van der Waals surface area contributed by atoms with Crippen LogP contribution in [0.25, 0.3) is 0 Å². The van der Waals surface area contributed by atoms with Crippen molar-refractivity contribution >= 4 is 17.4 Å². The molecule has 1 heterocycles. The highest BCUT2D eigenvalue weighted by Crippen LogP contribution is 2.20. The molecule has 2 aromatic rings. The van der Waals surface area contributed by atoms with Gasteiger partial charge in [0, 0.05) is 11.4 Å². The number of nitrogens with two attached hydrogens (primary N) is 1. The number of aryl methyl sites for hydroxylation is 1. The highest BCUT2D eigenvalue weighted by Gasteiger charge is 2.09. The van der Waals surface area contributed by atoms with Crippen molar-refractivity contribution in [3.63, 3.8) is 0 Å². The van der Waals surface area contributed by atoms with Gasteiger partial charge < -0.3 is 16.2 Å². The Morgan fingerprint density at radius 2 is 2.16 bits per heavy atom. The van der Waals surface area contributed by atoms with Gasteiger partial charge in [-0.3, -0.25) is 4.79 Å². The van der Waals surface area contributed by atoms with Crippen LogP contribution < -0.4 is 11.1 Å². The fourth-order valence-corrected chi connectivity index (χ4v) is 1.71. The van der Waals surface area contributed by atoms with Crippen LogP contribution in [0.1, 0.15) is 11.3 Å². The van der Waals surface area contributed by atoms with E-state index in [-0.39, 0.29) is 23.9 Å². The van der Waals surface area contributed by atoms with Crippen LogP contribution in [0.15, 0.2) is 36.4 Å². The van der Waals surface area contributed by atoms with Crippen molar-refractivity contribution in [2.45, 2.75) is 13.3 Å². The molecular weight excluding hydrogens is 242 g/mol. The first kappa shape index (κ1) is 12.9. The first-order valence-corrected chi connectivity index (χ1v) is 5.85. The molecule has 0 saturated heterocycles. The molecule has 0 aliphatic heterocycles. The smallest absolute Gasteiger partial charge is 0.230 e. The third kappa shape index (κ3) is 3.45. The molecule has 0 aliphatic rings. The molecule has 4 N–H and O–H groups in total. The van der Waals surface area contributed by atoms with Crippen molar-refractivity contribution in [1.82, 2.24) is 4.98 Å². The Morgan fingerprint density at radius 1 is 1.37 bits per heavy atom. The van der Waals surface area contributed by atoms with Crippen LogP contribution in [0.5, 0.6) is 5.75 Å². The van der Waals surface area contributed by atoms with Crippen LogP contribution >= 0.6 is 0 Å². The number of benzene rings is 1. The molecule has 19 heavy (non-hydrogen) atoms. The van der Waals surface area contributed by atoms with E-state index in [1.54, 1.807) is 31.2 Å². The summed E-state index contributed by atoms with van der Waals surface area (Å²) in [7, 11) is 0. The summed E-state index contributed by atoms with van der Waals surface area (Å²) in [5, 5.41) is 12.2. The Morgan fingerprint density at radius 3 is 2.89 bits per heavy atom. The zero-order valence-corrected chi connectivity index (χ0v) is 10.6. The minimum Gasteiger partial charge on any atom is -0.504 e. The topological polar surface area (TPSA) is 88.2 Å². The number of pyridine rings is 1. The number of aromatic nitrogens is 1. The molecular formula is C14H15N3O2. The Labute approximate surface area is 111 Å². The summed E-state index contributed by atoms with van der Waals surface area (Å²) in [6, 6.07) is 10.3. The highest BCUT2D eigenvalue weighted by molar-refractivity contribution is 5.92. The number of aromatic hydroxyl groups is 1. The van der Waals surface area contributed by atoms with Crippen LogP contribution in [-0.2, 0) is 11.2 Å². The fraction of sp³-hybridized carbons (Fsp3) is 0.143. The minimum absolute atomic E-state index is 0.0495. The maximum atomic E-state index is 11.9. The maximum absolute atomic E-state index is 11.9. The number of nitrogens with one attached hydrogen (secondary N) is 1. The summed E-state index contributed by atoms with van der Waals surface area (Å²) in [5.41, 5.74) is 7.79. The Hall–Kier alpha value is -2.56. The Kier molecular flexibility index (Phi) is 3.66. The average Bonchev–Trinajstić information content (AvgIpc) is 2.34. The number of hydrogen-bond donors (Lipinski definition) is 3. The summed E-state index contributed by atoms with van der Waals surface area (Å²) < 4.78 is 0. The predicted octanol–water partition coefficient (Wildman–Crippen LogP) is 1.86. The molecule has 2 rings (SSSR count). The van der Waals surface area contributed by atoms with Crippen LogP contribution in [0.3, 0.4) is 0 Å². The average molecular weight is 257 g/mol. The summed E-state index contributed by atoms with van der Waals surface area (Å²) in [4.78, 5) is 15.9. The van der Waals surface area contributed by atoms with Gasteiger partial charge in [-0.2, -0.15) is 0 Å². The third-order valence-corrected chi connectivity index (χ3v) is 2.59. The van der Waals surface area contributed by atoms with Gasteiger partial charge in [0.15, 0.2) is 11.6 Å². The lowest BCUT2D eigenvalue weighted by atomic mass is 10.1. The first-order chi connectivity index (χ1) is 9.04. The van der Waals surface area contributed by atoms with E-state index in [9.17, 15) is 9.90 Å². The number of rotatable bonds is 3. The summed E-state index contributed by atoms with van der Waals surface area (Å²) in [5.74, 6) is -0.126. The molecule has 1 aromatic carbocycles. The van der Waals surface area contributed by atoms with Crippen molar-refractivity contribution in [3.05, 3.63) is 47.7 Å². The van der Waals surface area contributed by atoms with Gasteiger partial charge in [-0.05, 0) is 36.8 Å². The van der Waals surface area contributed by atoms with Crippen molar-refractivity contribution in [1.29, 1.82) is 0 Å². The van der Waals surface area contributed by atoms with E-state index in [0.29, 0.717) is 5.69 Å². The quantitative estimate of drug-likeness (QED) is 0.732. The lowest BCUT2D eigenvalue weighted by Gasteiger charge is -2.07. The van der Waals surface area contributed by atoms with E-state index < -0.39 is 0 Å². The maximum Gasteiger partial charge on any atom is 0.230 e. The van der Waals surface area contributed by atoms with Crippen molar-refractivity contribution < 1.29 is 9.90 Å². The standard InChI is InChI=1S/C14H15N3O2/c1-9-5-6-12(18)14(16-9)17-13(19)8-10-3-2-4-11(15)7-10/h2-7,18H,8,15H2,1H3,(H,16,17,19). The number of carbonyl (C=O) groups excluding carboxylic acids is 1. The van der Waals surface area contributed by atoms with Crippen molar-refractivity contribution in [2.24, 2.45) is 0 Å². The molecule has 0 aliphatic carbocycles. The van der Waals surface area contributed by atoms with Gasteiger partial charge in [0.25, 0.3) is 0 Å². The van der Waals surface area contributed by atoms with Crippen LogP contribution in [0.4, 0.5) is 11.5 Å². The molecule has 0 radical (unpaired) electrons. The number of carbonyl (C=O) groups is 1. The van der Waals surface area contributed by atoms with Gasteiger partial charge in [0.05, 0.1) is 6.42 Å². The van der Waals surface area contributed by atoms with Gasteiger partial charge in [-0.15, -0.1) is 0 Å². The number of nitrogen functional groups attached to an aromatic ring is 1. The minimum atomic E-state index is -0.251.